The number of anilines is 1. The molecule has 0 aliphatic rings. The normalized spacial score (nSPS) is 9.75. The zero-order valence-corrected chi connectivity index (χ0v) is 12.0. The van der Waals surface area contributed by atoms with Gasteiger partial charge in [-0.15, -0.1) is 0 Å². The molecule has 1 aromatic carbocycles. The highest BCUT2D eigenvalue weighted by Crippen LogP contribution is 2.17. The first-order valence-corrected chi connectivity index (χ1v) is 6.46. The van der Waals surface area contributed by atoms with Crippen molar-refractivity contribution in [1.82, 2.24) is 4.90 Å². The van der Waals surface area contributed by atoms with Crippen molar-refractivity contribution in [1.29, 1.82) is 0 Å². The Balaban J connectivity index is 2.64. The van der Waals surface area contributed by atoms with Gasteiger partial charge in [-0.3, -0.25) is 4.79 Å². The number of carbonyl (C=O) groups excluding carboxylic acids is 2. The SMILES string of the molecule is CCOC(=O)CN(CC)C(=O)Nc1cccc(OC)c1. The third kappa shape index (κ3) is 4.79. The number of benzene rings is 1. The lowest BCUT2D eigenvalue weighted by Gasteiger charge is -2.20. The second kappa shape index (κ2) is 8.04. The maximum absolute atomic E-state index is 12.0. The average molecular weight is 280 g/mol. The number of amides is 2. The van der Waals surface area contributed by atoms with E-state index in [1.165, 1.54) is 4.90 Å². The van der Waals surface area contributed by atoms with Crippen LogP contribution in [0.25, 0.3) is 0 Å². The molecular formula is C14H20N2O4. The highest BCUT2D eigenvalue weighted by Gasteiger charge is 2.16. The summed E-state index contributed by atoms with van der Waals surface area (Å²) in [5, 5.41) is 2.71. The molecule has 6 heteroatoms. The molecule has 20 heavy (non-hydrogen) atoms. The van der Waals surface area contributed by atoms with Crippen LogP contribution in [0.3, 0.4) is 0 Å². The third-order valence-electron chi connectivity index (χ3n) is 2.62. The van der Waals surface area contributed by atoms with Gasteiger partial charge in [0.1, 0.15) is 12.3 Å². The summed E-state index contributed by atoms with van der Waals surface area (Å²) in [6.07, 6.45) is 0. The van der Waals surface area contributed by atoms with Gasteiger partial charge in [-0.1, -0.05) is 6.07 Å². The largest absolute Gasteiger partial charge is 0.497 e. The van der Waals surface area contributed by atoms with E-state index in [4.69, 9.17) is 9.47 Å². The molecule has 6 nitrogen and oxygen atoms in total. The second-order valence-corrected chi connectivity index (χ2v) is 3.98. The Morgan fingerprint density at radius 3 is 2.65 bits per heavy atom. The van der Waals surface area contributed by atoms with Crippen LogP contribution < -0.4 is 10.1 Å². The van der Waals surface area contributed by atoms with E-state index in [0.29, 0.717) is 24.6 Å². The van der Waals surface area contributed by atoms with Crippen LogP contribution in [0, 0.1) is 0 Å². The molecule has 0 unspecified atom stereocenters. The minimum atomic E-state index is -0.421. The maximum Gasteiger partial charge on any atom is 0.325 e. The lowest BCUT2D eigenvalue weighted by molar-refractivity contribution is -0.143. The van der Waals surface area contributed by atoms with Gasteiger partial charge in [0.05, 0.1) is 13.7 Å². The van der Waals surface area contributed by atoms with Crippen LogP contribution >= 0.6 is 0 Å². The van der Waals surface area contributed by atoms with Gasteiger partial charge in [-0.2, -0.15) is 0 Å². The van der Waals surface area contributed by atoms with Crippen molar-refractivity contribution in [2.75, 3.05) is 32.1 Å². The van der Waals surface area contributed by atoms with E-state index in [1.807, 2.05) is 0 Å². The van der Waals surface area contributed by atoms with Crippen molar-refractivity contribution in [3.63, 3.8) is 0 Å². The number of likely N-dealkylation sites (N-methyl/N-ethyl adjacent to an activating group) is 1. The fourth-order valence-corrected chi connectivity index (χ4v) is 1.59. The van der Waals surface area contributed by atoms with Crippen LogP contribution in [0.2, 0.25) is 0 Å². The molecule has 0 atom stereocenters. The molecule has 0 bridgehead atoms. The quantitative estimate of drug-likeness (QED) is 0.810. The molecule has 0 aromatic heterocycles. The highest BCUT2D eigenvalue weighted by atomic mass is 16.5. The smallest absolute Gasteiger partial charge is 0.325 e. The minimum Gasteiger partial charge on any atom is -0.497 e. The summed E-state index contributed by atoms with van der Waals surface area (Å²) < 4.78 is 9.91. The number of esters is 1. The number of methoxy groups -OCH3 is 1. The highest BCUT2D eigenvalue weighted by molar-refractivity contribution is 5.91. The van der Waals surface area contributed by atoms with Gasteiger partial charge in [0.15, 0.2) is 0 Å². The fourth-order valence-electron chi connectivity index (χ4n) is 1.59. The van der Waals surface area contributed by atoms with E-state index >= 15 is 0 Å². The lowest BCUT2D eigenvalue weighted by Crippen LogP contribution is -2.39. The summed E-state index contributed by atoms with van der Waals surface area (Å²) in [5.74, 6) is 0.228. The summed E-state index contributed by atoms with van der Waals surface area (Å²) in [7, 11) is 1.56. The zero-order chi connectivity index (χ0) is 15.0. The molecular weight excluding hydrogens is 260 g/mol. The van der Waals surface area contributed by atoms with Gasteiger partial charge in [-0.25, -0.2) is 4.79 Å². The Morgan fingerprint density at radius 2 is 2.05 bits per heavy atom. The van der Waals surface area contributed by atoms with E-state index < -0.39 is 5.97 Å². The standard InChI is InChI=1S/C14H20N2O4/c1-4-16(10-13(17)20-5-2)14(18)15-11-7-6-8-12(9-11)19-3/h6-9H,4-5,10H2,1-3H3,(H,15,18). The van der Waals surface area contributed by atoms with Crippen LogP contribution in [0.1, 0.15) is 13.8 Å². The van der Waals surface area contributed by atoms with Crippen LogP contribution in [0.5, 0.6) is 5.75 Å². The van der Waals surface area contributed by atoms with Crippen LogP contribution in [0.15, 0.2) is 24.3 Å². The number of hydrogen-bond acceptors (Lipinski definition) is 4. The molecule has 0 radical (unpaired) electrons. The lowest BCUT2D eigenvalue weighted by atomic mass is 10.3. The average Bonchev–Trinajstić information content (AvgIpc) is 2.45. The molecule has 0 saturated heterocycles. The van der Waals surface area contributed by atoms with Crippen molar-refractivity contribution in [3.05, 3.63) is 24.3 Å². The number of hydrogen-bond donors (Lipinski definition) is 1. The maximum atomic E-state index is 12.0. The first-order valence-electron chi connectivity index (χ1n) is 6.46. The molecule has 0 heterocycles. The minimum absolute atomic E-state index is 0.0693. The Labute approximate surface area is 118 Å². The molecule has 0 fully saturated rings. The van der Waals surface area contributed by atoms with E-state index in [-0.39, 0.29) is 12.6 Å². The first kappa shape index (κ1) is 15.8. The molecule has 0 aliphatic carbocycles. The van der Waals surface area contributed by atoms with Crippen molar-refractivity contribution in [3.8, 4) is 5.75 Å². The van der Waals surface area contributed by atoms with Gasteiger partial charge >= 0.3 is 12.0 Å². The number of urea groups is 1. The Morgan fingerprint density at radius 1 is 1.30 bits per heavy atom. The Bertz CT molecular complexity index is 462. The van der Waals surface area contributed by atoms with Crippen LogP contribution in [-0.2, 0) is 9.53 Å². The van der Waals surface area contributed by atoms with Gasteiger partial charge in [0, 0.05) is 18.3 Å². The Kier molecular flexibility index (Phi) is 6.36. The molecule has 1 N–H and O–H groups in total. The van der Waals surface area contributed by atoms with Gasteiger partial charge in [-0.05, 0) is 26.0 Å². The van der Waals surface area contributed by atoms with Crippen molar-refractivity contribution < 1.29 is 19.1 Å². The molecule has 1 aromatic rings. The van der Waals surface area contributed by atoms with Crippen molar-refractivity contribution in [2.45, 2.75) is 13.8 Å². The fraction of sp³-hybridized carbons (Fsp3) is 0.429. The summed E-state index contributed by atoms with van der Waals surface area (Å²) >= 11 is 0. The number of carbonyl (C=O) groups is 2. The van der Waals surface area contributed by atoms with Gasteiger partial charge in [0.2, 0.25) is 0 Å². The van der Waals surface area contributed by atoms with E-state index in [2.05, 4.69) is 5.32 Å². The summed E-state index contributed by atoms with van der Waals surface area (Å²) in [6, 6.07) is 6.66. The molecule has 0 saturated carbocycles. The zero-order valence-electron chi connectivity index (χ0n) is 12.0. The van der Waals surface area contributed by atoms with Crippen molar-refractivity contribution >= 4 is 17.7 Å². The van der Waals surface area contributed by atoms with E-state index in [0.717, 1.165) is 0 Å². The molecule has 110 valence electrons. The predicted molar refractivity (Wildman–Crippen MR) is 75.9 cm³/mol. The number of nitrogens with one attached hydrogen (secondary N) is 1. The van der Waals surface area contributed by atoms with Gasteiger partial charge in [0.25, 0.3) is 0 Å². The summed E-state index contributed by atoms with van der Waals surface area (Å²) in [6.45, 7) is 4.16. The predicted octanol–water partition coefficient (Wildman–Crippen LogP) is 2.11. The number of nitrogens with zero attached hydrogens (tertiary/aromatic N) is 1. The van der Waals surface area contributed by atoms with Crippen LogP contribution in [0.4, 0.5) is 10.5 Å². The van der Waals surface area contributed by atoms with Crippen LogP contribution in [-0.4, -0.2) is 43.7 Å². The van der Waals surface area contributed by atoms with E-state index in [1.54, 1.807) is 45.2 Å². The molecule has 1 rings (SSSR count). The third-order valence-corrected chi connectivity index (χ3v) is 2.62. The number of rotatable bonds is 6. The first-order chi connectivity index (χ1) is 9.60. The summed E-state index contributed by atoms with van der Waals surface area (Å²) in [5.41, 5.74) is 0.608. The second-order valence-electron chi connectivity index (χ2n) is 3.98. The summed E-state index contributed by atoms with van der Waals surface area (Å²) in [4.78, 5) is 24.8. The van der Waals surface area contributed by atoms with Gasteiger partial charge < -0.3 is 19.7 Å². The number of ether oxygens (including phenoxy) is 2. The van der Waals surface area contributed by atoms with E-state index in [9.17, 15) is 9.59 Å². The monoisotopic (exact) mass is 280 g/mol. The topological polar surface area (TPSA) is 67.9 Å². The van der Waals surface area contributed by atoms with Crippen molar-refractivity contribution in [2.24, 2.45) is 0 Å². The molecule has 2 amide bonds. The Hall–Kier alpha value is -2.24. The molecule has 0 aliphatic heterocycles. The molecule has 0 spiro atoms.